The molecule has 0 aliphatic rings. The second kappa shape index (κ2) is 5.31. The molecule has 0 radical (unpaired) electrons. The van der Waals surface area contributed by atoms with Gasteiger partial charge in [-0.3, -0.25) is 4.79 Å². The molecule has 1 aromatic rings. The minimum absolute atomic E-state index is 0.101. The van der Waals surface area contributed by atoms with Crippen LogP contribution < -0.4 is 5.32 Å². The van der Waals surface area contributed by atoms with E-state index in [-0.39, 0.29) is 6.04 Å². The van der Waals surface area contributed by atoms with Crippen LogP contribution in [0, 0.1) is 0 Å². The van der Waals surface area contributed by atoms with Gasteiger partial charge in [0.1, 0.15) is 0 Å². The summed E-state index contributed by atoms with van der Waals surface area (Å²) in [7, 11) is 0. The highest BCUT2D eigenvalue weighted by molar-refractivity contribution is 7.10. The molecule has 80 valence electrons. The second-order valence-electron chi connectivity index (χ2n) is 2.92. The summed E-state index contributed by atoms with van der Waals surface area (Å²) in [5.41, 5.74) is 0. The maximum absolute atomic E-state index is 11.2. The molecule has 0 aliphatic carbocycles. The highest BCUT2D eigenvalue weighted by atomic mass is 32.1. The fraction of sp³-hybridized carbons (Fsp3) is 0.200. The van der Waals surface area contributed by atoms with E-state index >= 15 is 0 Å². The van der Waals surface area contributed by atoms with Gasteiger partial charge >= 0.3 is 5.97 Å². The molecule has 0 bridgehead atoms. The third-order valence-electron chi connectivity index (χ3n) is 1.71. The number of hydrogen-bond donors (Lipinski definition) is 2. The summed E-state index contributed by atoms with van der Waals surface area (Å²) in [6.45, 7) is 1.85. The van der Waals surface area contributed by atoms with Crippen LogP contribution in [0.15, 0.2) is 29.7 Å². The summed E-state index contributed by atoms with van der Waals surface area (Å²) in [5.74, 6) is -1.53. The summed E-state index contributed by atoms with van der Waals surface area (Å²) in [5, 5.41) is 12.9. The van der Waals surface area contributed by atoms with E-state index in [1.165, 1.54) is 0 Å². The number of carboxylic acids is 1. The van der Waals surface area contributed by atoms with E-state index in [1.807, 2.05) is 24.4 Å². The lowest BCUT2D eigenvalue weighted by Gasteiger charge is -2.09. The molecule has 5 heteroatoms. The van der Waals surface area contributed by atoms with E-state index < -0.39 is 11.9 Å². The van der Waals surface area contributed by atoms with Crippen LogP contribution in [0.3, 0.4) is 0 Å². The third kappa shape index (κ3) is 3.95. The Morgan fingerprint density at radius 3 is 2.80 bits per heavy atom. The zero-order chi connectivity index (χ0) is 11.3. The lowest BCUT2D eigenvalue weighted by molar-refractivity contribution is -0.131. The molecule has 4 nitrogen and oxygen atoms in total. The first-order valence-corrected chi connectivity index (χ1v) is 5.22. The van der Waals surface area contributed by atoms with Crippen molar-refractivity contribution in [2.75, 3.05) is 0 Å². The Morgan fingerprint density at radius 2 is 2.27 bits per heavy atom. The number of amides is 1. The summed E-state index contributed by atoms with van der Waals surface area (Å²) in [6, 6.07) is 3.71. The van der Waals surface area contributed by atoms with Gasteiger partial charge in [-0.2, -0.15) is 0 Å². The number of thiophene rings is 1. The van der Waals surface area contributed by atoms with E-state index in [9.17, 15) is 9.59 Å². The van der Waals surface area contributed by atoms with Crippen molar-refractivity contribution in [1.29, 1.82) is 0 Å². The normalized spacial score (nSPS) is 12.6. The monoisotopic (exact) mass is 225 g/mol. The van der Waals surface area contributed by atoms with Crippen molar-refractivity contribution < 1.29 is 14.7 Å². The summed E-state index contributed by atoms with van der Waals surface area (Å²) < 4.78 is 0. The lowest BCUT2D eigenvalue weighted by atomic mass is 10.2. The van der Waals surface area contributed by atoms with E-state index in [0.717, 1.165) is 17.0 Å². The van der Waals surface area contributed by atoms with Crippen LogP contribution in [-0.4, -0.2) is 17.0 Å². The summed E-state index contributed by atoms with van der Waals surface area (Å²) in [6.07, 6.45) is 1.82. The standard InChI is InChI=1S/C10H11NO3S/c1-7(8-3-2-6-15-8)11-9(12)4-5-10(13)14/h2-7H,1H3,(H,11,12)(H,13,14)/b5-4+. The van der Waals surface area contributed by atoms with Crippen LogP contribution in [0.5, 0.6) is 0 Å². The van der Waals surface area contributed by atoms with Crippen LogP contribution >= 0.6 is 11.3 Å². The molecule has 2 N–H and O–H groups in total. The predicted molar refractivity (Wildman–Crippen MR) is 57.7 cm³/mol. The smallest absolute Gasteiger partial charge is 0.328 e. The zero-order valence-corrected chi connectivity index (χ0v) is 8.95. The molecule has 1 rings (SSSR count). The molecule has 15 heavy (non-hydrogen) atoms. The van der Waals surface area contributed by atoms with Gasteiger partial charge in [-0.1, -0.05) is 6.07 Å². The molecular weight excluding hydrogens is 214 g/mol. The number of hydrogen-bond acceptors (Lipinski definition) is 3. The molecule has 0 fully saturated rings. The number of rotatable bonds is 4. The summed E-state index contributed by atoms with van der Waals surface area (Å²) >= 11 is 1.54. The Kier molecular flexibility index (Phi) is 4.05. The van der Waals surface area contributed by atoms with Crippen LogP contribution in [0.2, 0.25) is 0 Å². The van der Waals surface area contributed by atoms with Gasteiger partial charge in [0.15, 0.2) is 0 Å². The molecule has 0 saturated heterocycles. The van der Waals surface area contributed by atoms with Crippen molar-refractivity contribution in [1.82, 2.24) is 5.32 Å². The maximum Gasteiger partial charge on any atom is 0.328 e. The molecule has 1 amide bonds. The SMILES string of the molecule is CC(NC(=O)/C=C/C(=O)O)c1cccs1. The fourth-order valence-corrected chi connectivity index (χ4v) is 1.75. The van der Waals surface area contributed by atoms with Gasteiger partial charge in [-0.05, 0) is 18.4 Å². The molecule has 1 aromatic heterocycles. The van der Waals surface area contributed by atoms with E-state index in [1.54, 1.807) is 11.3 Å². The number of nitrogens with one attached hydrogen (secondary N) is 1. The fourth-order valence-electron chi connectivity index (χ4n) is 1.02. The largest absolute Gasteiger partial charge is 0.478 e. The van der Waals surface area contributed by atoms with Crippen LogP contribution in [0.25, 0.3) is 0 Å². The average molecular weight is 225 g/mol. The van der Waals surface area contributed by atoms with E-state index in [0.29, 0.717) is 0 Å². The quantitative estimate of drug-likeness (QED) is 0.764. The van der Waals surface area contributed by atoms with Crippen molar-refractivity contribution in [2.24, 2.45) is 0 Å². The van der Waals surface area contributed by atoms with Gasteiger partial charge in [0.2, 0.25) is 5.91 Å². The molecule has 0 aromatic carbocycles. The Balaban J connectivity index is 2.49. The zero-order valence-electron chi connectivity index (χ0n) is 8.14. The Bertz CT molecular complexity index is 370. The minimum atomic E-state index is -1.13. The highest BCUT2D eigenvalue weighted by Gasteiger charge is 2.07. The predicted octanol–water partition coefficient (Wildman–Crippen LogP) is 1.57. The van der Waals surface area contributed by atoms with Crippen LogP contribution in [0.4, 0.5) is 0 Å². The van der Waals surface area contributed by atoms with E-state index in [2.05, 4.69) is 5.32 Å². The van der Waals surface area contributed by atoms with Crippen molar-refractivity contribution >= 4 is 23.2 Å². The van der Waals surface area contributed by atoms with Crippen molar-refractivity contribution in [2.45, 2.75) is 13.0 Å². The molecule has 1 atom stereocenters. The Labute approximate surface area is 91.2 Å². The van der Waals surface area contributed by atoms with Gasteiger partial charge in [-0.15, -0.1) is 11.3 Å². The summed E-state index contributed by atoms with van der Waals surface area (Å²) in [4.78, 5) is 22.4. The number of aliphatic carboxylic acids is 1. The minimum Gasteiger partial charge on any atom is -0.478 e. The molecular formula is C10H11NO3S. The van der Waals surface area contributed by atoms with Gasteiger partial charge < -0.3 is 10.4 Å². The third-order valence-corrected chi connectivity index (χ3v) is 2.76. The first kappa shape index (κ1) is 11.5. The topological polar surface area (TPSA) is 66.4 Å². The molecule has 0 saturated carbocycles. The van der Waals surface area contributed by atoms with E-state index in [4.69, 9.17) is 5.11 Å². The van der Waals surface area contributed by atoms with Crippen molar-refractivity contribution in [3.8, 4) is 0 Å². The second-order valence-corrected chi connectivity index (χ2v) is 3.90. The Hall–Kier alpha value is -1.62. The van der Waals surface area contributed by atoms with Gasteiger partial charge in [-0.25, -0.2) is 4.79 Å². The number of carbonyl (C=O) groups is 2. The number of carboxylic acid groups (broad SMARTS) is 1. The van der Waals surface area contributed by atoms with Gasteiger partial charge in [0, 0.05) is 17.0 Å². The van der Waals surface area contributed by atoms with Crippen molar-refractivity contribution in [3.05, 3.63) is 34.5 Å². The maximum atomic E-state index is 11.2. The van der Waals surface area contributed by atoms with Gasteiger partial charge in [0.25, 0.3) is 0 Å². The molecule has 1 heterocycles. The Morgan fingerprint density at radius 1 is 1.53 bits per heavy atom. The first-order chi connectivity index (χ1) is 7.09. The van der Waals surface area contributed by atoms with Crippen LogP contribution in [-0.2, 0) is 9.59 Å². The van der Waals surface area contributed by atoms with Crippen molar-refractivity contribution in [3.63, 3.8) is 0 Å². The van der Waals surface area contributed by atoms with Gasteiger partial charge in [0.05, 0.1) is 6.04 Å². The first-order valence-electron chi connectivity index (χ1n) is 4.34. The molecule has 0 aliphatic heterocycles. The van der Waals surface area contributed by atoms with Crippen LogP contribution in [0.1, 0.15) is 17.8 Å². The lowest BCUT2D eigenvalue weighted by Crippen LogP contribution is -2.24. The molecule has 1 unspecified atom stereocenters. The average Bonchev–Trinajstić information content (AvgIpc) is 2.67. The number of carbonyl (C=O) groups excluding carboxylic acids is 1. The highest BCUT2D eigenvalue weighted by Crippen LogP contribution is 2.17. The molecule has 0 spiro atoms.